The fraction of sp³-hybridized carbons (Fsp3) is 0.500. The molecule has 0 aromatic carbocycles. The number of aliphatic carboxylic acids is 2. The van der Waals surface area contributed by atoms with Crippen molar-refractivity contribution in [3.05, 3.63) is 0 Å². The Balaban J connectivity index is -0.00000144. The minimum atomic E-state index is -2.17. The van der Waals surface area contributed by atoms with E-state index in [0.29, 0.717) is 0 Å². The Hall–Kier alpha value is -1.50. The molecule has 11 heteroatoms. The average Bonchev–Trinajstić information content (AvgIpc) is 2.23. The van der Waals surface area contributed by atoms with Crippen LogP contribution in [0, 0.1) is 0 Å². The van der Waals surface area contributed by atoms with Gasteiger partial charge in [-0.15, -0.1) is 0 Å². The van der Waals surface area contributed by atoms with Crippen molar-refractivity contribution in [3.63, 3.8) is 0 Å². The van der Waals surface area contributed by atoms with E-state index in [4.69, 9.17) is 15.2 Å². The van der Waals surface area contributed by atoms with E-state index in [1.807, 2.05) is 0 Å². The van der Waals surface area contributed by atoms with Gasteiger partial charge < -0.3 is 26.0 Å². The van der Waals surface area contributed by atoms with E-state index in [1.54, 1.807) is 0 Å². The number of carbonyl (C=O) groups is 4. The summed E-state index contributed by atoms with van der Waals surface area (Å²) in [5.74, 6) is -4.56. The zero-order valence-corrected chi connectivity index (χ0v) is 10.2. The van der Waals surface area contributed by atoms with Crippen molar-refractivity contribution in [2.75, 3.05) is 0 Å². The Morgan fingerprint density at radius 3 is 1.42 bits per heavy atom. The van der Waals surface area contributed by atoms with Crippen LogP contribution in [-0.2, 0) is 28.5 Å². The molecule has 0 aliphatic rings. The van der Waals surface area contributed by atoms with Crippen LogP contribution in [0.2, 0.25) is 0 Å². The fourth-order valence-corrected chi connectivity index (χ4v) is 0.785. The van der Waals surface area contributed by atoms with Gasteiger partial charge in [-0.3, -0.25) is 19.2 Å². The molecule has 0 aromatic heterocycles. The maximum Gasteiger partial charge on any atom is 1.00 e. The summed E-state index contributed by atoms with van der Waals surface area (Å²) in [7, 11) is -2.17. The molecule has 0 saturated heterocycles. The molecule has 0 bridgehead atoms. The van der Waals surface area contributed by atoms with Gasteiger partial charge in [0.25, 0.3) is 11.9 Å². The Morgan fingerprint density at radius 2 is 1.16 bits per heavy atom. The molecule has 0 heterocycles. The van der Waals surface area contributed by atoms with Crippen LogP contribution in [0.4, 0.5) is 0 Å². The van der Waals surface area contributed by atoms with Crippen LogP contribution in [0.5, 0.6) is 0 Å². The quantitative estimate of drug-likeness (QED) is 0.374. The third-order valence-corrected chi connectivity index (χ3v) is 1.55. The summed E-state index contributed by atoms with van der Waals surface area (Å²) in [6, 6.07) is 0. The van der Waals surface area contributed by atoms with Gasteiger partial charge in [0, 0.05) is 0 Å². The van der Waals surface area contributed by atoms with Crippen molar-refractivity contribution >= 4 is 31.2 Å². The van der Waals surface area contributed by atoms with Crippen LogP contribution in [0.3, 0.4) is 0 Å². The van der Waals surface area contributed by atoms with Crippen molar-refractivity contribution < 1.29 is 64.0 Å². The van der Waals surface area contributed by atoms with Gasteiger partial charge in [0.2, 0.25) is 0 Å². The first kappa shape index (κ1) is 19.8. The van der Waals surface area contributed by atoms with Gasteiger partial charge in [-0.1, -0.05) is 0 Å². The van der Waals surface area contributed by atoms with E-state index in [-0.39, 0.29) is 20.3 Å². The van der Waals surface area contributed by atoms with Crippen LogP contribution >= 0.6 is 0 Å². The maximum atomic E-state index is 10.9. The standard InChI is InChI=1S/C8H11BO9.Li.H/c10-5(11)1-3-7(14)17-9(16)18-8(15)4-2-6(12)13;;/h16H,1-4H2,(H,10,11)(H,12,13);;/q;+1;-1. The number of carboxylic acids is 2. The molecular weight excluding hydrogens is 258 g/mol. The predicted molar refractivity (Wildman–Crippen MR) is 55.0 cm³/mol. The zero-order chi connectivity index (χ0) is 14.1. The first-order valence-electron chi connectivity index (χ1n) is 4.82. The molecule has 0 amide bonds. The molecule has 0 aromatic rings. The molecule has 9 nitrogen and oxygen atoms in total. The molecule has 0 spiro atoms. The summed E-state index contributed by atoms with van der Waals surface area (Å²) in [6.07, 6.45) is -1.95. The molecule has 19 heavy (non-hydrogen) atoms. The van der Waals surface area contributed by atoms with Gasteiger partial charge in [0.1, 0.15) is 0 Å². The van der Waals surface area contributed by atoms with Gasteiger partial charge in [-0.05, 0) is 0 Å². The van der Waals surface area contributed by atoms with Crippen LogP contribution in [0.15, 0.2) is 0 Å². The molecule has 0 unspecified atom stereocenters. The second-order valence-corrected chi connectivity index (χ2v) is 3.07. The molecule has 0 atom stereocenters. The van der Waals surface area contributed by atoms with Gasteiger partial charge in [-0.2, -0.15) is 0 Å². The number of carboxylic acid groups (broad SMARTS) is 2. The molecule has 0 saturated carbocycles. The van der Waals surface area contributed by atoms with Gasteiger partial charge >= 0.3 is 38.1 Å². The average molecular weight is 270 g/mol. The minimum Gasteiger partial charge on any atom is -1.00 e. The van der Waals surface area contributed by atoms with E-state index in [2.05, 4.69) is 9.31 Å². The van der Waals surface area contributed by atoms with Crippen LogP contribution in [0.1, 0.15) is 27.1 Å². The van der Waals surface area contributed by atoms with Gasteiger partial charge in [0.05, 0.1) is 25.7 Å². The number of carbonyl (C=O) groups excluding carboxylic acids is 2. The maximum absolute atomic E-state index is 10.9. The van der Waals surface area contributed by atoms with E-state index < -0.39 is 56.9 Å². The molecule has 0 radical (unpaired) electrons. The van der Waals surface area contributed by atoms with Gasteiger partial charge in [0.15, 0.2) is 0 Å². The summed E-state index contributed by atoms with van der Waals surface area (Å²) < 4.78 is 8.28. The van der Waals surface area contributed by atoms with Crippen molar-refractivity contribution in [2.24, 2.45) is 0 Å². The molecule has 0 fully saturated rings. The first-order chi connectivity index (χ1) is 8.31. The summed E-state index contributed by atoms with van der Waals surface area (Å²) in [5.41, 5.74) is 0. The molecule has 102 valence electrons. The second kappa shape index (κ2) is 10.4. The molecule has 3 N–H and O–H groups in total. The van der Waals surface area contributed by atoms with Crippen molar-refractivity contribution in [3.8, 4) is 0 Å². The van der Waals surface area contributed by atoms with Gasteiger partial charge in [-0.25, -0.2) is 0 Å². The smallest absolute Gasteiger partial charge is 1.00 e. The van der Waals surface area contributed by atoms with Crippen molar-refractivity contribution in [1.82, 2.24) is 0 Å². The molecule has 0 aliphatic heterocycles. The summed E-state index contributed by atoms with van der Waals surface area (Å²) >= 11 is 0. The summed E-state index contributed by atoms with van der Waals surface area (Å²) in [6.45, 7) is 0. The number of hydrogen-bond acceptors (Lipinski definition) is 7. The number of hydrogen-bond donors (Lipinski definition) is 3. The Labute approximate surface area is 121 Å². The monoisotopic (exact) mass is 270 g/mol. The van der Waals surface area contributed by atoms with Crippen molar-refractivity contribution in [1.29, 1.82) is 0 Å². The van der Waals surface area contributed by atoms with E-state index in [9.17, 15) is 19.2 Å². The third kappa shape index (κ3) is 12.7. The first-order valence-corrected chi connectivity index (χ1v) is 4.82. The summed E-state index contributed by atoms with van der Waals surface area (Å²) in [5, 5.41) is 25.4. The SMILES string of the molecule is O=C(O)CCC(=O)OB(O)OC(=O)CCC(=O)O.[H-].[Li+]. The fourth-order valence-electron chi connectivity index (χ4n) is 0.785. The Bertz CT molecular complexity index is 319. The largest absolute Gasteiger partial charge is 1.00 e. The third-order valence-electron chi connectivity index (χ3n) is 1.55. The molecule has 0 rings (SSSR count). The molecular formula is C8H12BLiO9. The minimum absolute atomic E-state index is 0. The van der Waals surface area contributed by atoms with Crippen LogP contribution in [-0.4, -0.2) is 46.4 Å². The second-order valence-electron chi connectivity index (χ2n) is 3.07. The van der Waals surface area contributed by atoms with Crippen molar-refractivity contribution in [2.45, 2.75) is 25.7 Å². The number of rotatable bonds is 8. The topological polar surface area (TPSA) is 147 Å². The van der Waals surface area contributed by atoms with E-state index >= 15 is 0 Å². The Kier molecular flexibility index (Phi) is 10.9. The predicted octanol–water partition coefficient (Wildman–Crippen LogP) is -4.10. The Morgan fingerprint density at radius 1 is 0.842 bits per heavy atom. The van der Waals surface area contributed by atoms with Crippen LogP contribution < -0.4 is 18.9 Å². The summed E-state index contributed by atoms with van der Waals surface area (Å²) in [4.78, 5) is 42.0. The normalized spacial score (nSPS) is 8.89. The van der Waals surface area contributed by atoms with E-state index in [1.165, 1.54) is 0 Å². The molecule has 0 aliphatic carbocycles. The van der Waals surface area contributed by atoms with Crippen LogP contribution in [0.25, 0.3) is 0 Å². The van der Waals surface area contributed by atoms with E-state index in [0.717, 1.165) is 0 Å². The zero-order valence-electron chi connectivity index (χ0n) is 11.2.